The van der Waals surface area contributed by atoms with Crippen LogP contribution in [0.5, 0.6) is 0 Å². The molecule has 1 aromatic carbocycles. The number of carbonyl (C=O) groups excluding carboxylic acids is 1. The van der Waals surface area contributed by atoms with Gasteiger partial charge in [0.25, 0.3) is 5.89 Å². The number of rotatable bonds is 7. The molecule has 0 spiro atoms. The van der Waals surface area contributed by atoms with E-state index >= 15 is 0 Å². The van der Waals surface area contributed by atoms with Gasteiger partial charge in [-0.25, -0.2) is 15.0 Å². The van der Waals surface area contributed by atoms with Crippen molar-refractivity contribution in [2.24, 2.45) is 7.05 Å². The first-order valence-corrected chi connectivity index (χ1v) is 10.4. The number of hydrogen-bond acceptors (Lipinski definition) is 8. The van der Waals surface area contributed by atoms with E-state index in [1.54, 1.807) is 37.4 Å². The minimum absolute atomic E-state index is 0.146. The minimum Gasteiger partial charge on any atom is -0.440 e. The monoisotopic (exact) mass is 507 g/mol. The van der Waals surface area contributed by atoms with Crippen LogP contribution in [0.25, 0.3) is 11.4 Å². The fraction of sp³-hybridized carbons (Fsp3) is 0.190. The van der Waals surface area contributed by atoms with Gasteiger partial charge in [0.2, 0.25) is 5.95 Å². The van der Waals surface area contributed by atoms with Crippen molar-refractivity contribution in [2.75, 3.05) is 11.9 Å². The van der Waals surface area contributed by atoms with E-state index in [9.17, 15) is 23.1 Å². The van der Waals surface area contributed by atoms with E-state index < -0.39 is 41.9 Å². The number of aliphatic hydroxyl groups excluding tert-OH is 1. The molecule has 3 N–H and O–H groups in total. The molecule has 1 atom stereocenters. The van der Waals surface area contributed by atoms with Crippen molar-refractivity contribution in [3.8, 4) is 11.4 Å². The van der Waals surface area contributed by atoms with Gasteiger partial charge in [-0.05, 0) is 17.7 Å². The first-order chi connectivity index (χ1) is 16.7. The summed E-state index contributed by atoms with van der Waals surface area (Å²) in [6.07, 6.45) is -1.82. The average molecular weight is 508 g/mol. The lowest BCUT2D eigenvalue weighted by atomic mass is 10.1. The highest BCUT2D eigenvalue weighted by Gasteiger charge is 2.36. The Bertz CT molecular complexity index is 1360. The molecule has 35 heavy (non-hydrogen) atoms. The Morgan fingerprint density at radius 3 is 2.74 bits per heavy atom. The van der Waals surface area contributed by atoms with Crippen LogP contribution >= 0.6 is 11.6 Å². The second-order valence-electron chi connectivity index (χ2n) is 7.22. The van der Waals surface area contributed by atoms with Crippen molar-refractivity contribution < 1.29 is 27.5 Å². The molecule has 0 aliphatic rings. The molecule has 0 aliphatic carbocycles. The van der Waals surface area contributed by atoms with E-state index in [1.165, 1.54) is 10.9 Å². The molecular formula is C21H17ClF3N7O3. The highest BCUT2D eigenvalue weighted by molar-refractivity contribution is 6.30. The highest BCUT2D eigenvalue weighted by Crippen LogP contribution is 2.36. The lowest BCUT2D eigenvalue weighted by Gasteiger charge is -2.15. The molecule has 14 heteroatoms. The Balaban J connectivity index is 1.62. The number of anilines is 2. The second kappa shape index (κ2) is 9.72. The molecular weight excluding hydrogens is 491 g/mol. The maximum Gasteiger partial charge on any atom is 0.420 e. The molecule has 0 saturated heterocycles. The summed E-state index contributed by atoms with van der Waals surface area (Å²) < 4.78 is 47.4. The number of halogens is 4. The van der Waals surface area contributed by atoms with Gasteiger partial charge in [-0.3, -0.25) is 9.48 Å². The van der Waals surface area contributed by atoms with E-state index in [0.717, 1.165) is 6.26 Å². The van der Waals surface area contributed by atoms with E-state index in [1.807, 2.05) is 0 Å². The highest BCUT2D eigenvalue weighted by atomic mass is 35.5. The molecule has 4 rings (SSSR count). The van der Waals surface area contributed by atoms with Crippen LogP contribution in [0.3, 0.4) is 0 Å². The van der Waals surface area contributed by atoms with Gasteiger partial charge in [-0.1, -0.05) is 23.7 Å². The molecule has 182 valence electrons. The smallest absolute Gasteiger partial charge is 0.420 e. The van der Waals surface area contributed by atoms with Crippen LogP contribution in [0.1, 0.15) is 27.9 Å². The molecule has 0 unspecified atom stereocenters. The molecule has 3 heterocycles. The summed E-state index contributed by atoms with van der Waals surface area (Å²) in [6, 6.07) is 7.19. The number of carbonyl (C=O) groups is 1. The first kappa shape index (κ1) is 24.2. The number of nitrogens with zero attached hydrogens (tertiary/aromatic N) is 5. The molecule has 0 fully saturated rings. The summed E-state index contributed by atoms with van der Waals surface area (Å²) in [7, 11) is 1.62. The minimum atomic E-state index is -4.80. The zero-order valence-electron chi connectivity index (χ0n) is 17.9. The third-order valence-electron chi connectivity index (χ3n) is 4.83. The van der Waals surface area contributed by atoms with E-state index in [2.05, 4.69) is 30.7 Å². The van der Waals surface area contributed by atoms with E-state index in [-0.39, 0.29) is 11.6 Å². The van der Waals surface area contributed by atoms with Gasteiger partial charge >= 0.3 is 12.1 Å². The van der Waals surface area contributed by atoms with Crippen molar-refractivity contribution in [1.29, 1.82) is 0 Å². The van der Waals surface area contributed by atoms with Crippen molar-refractivity contribution >= 4 is 29.3 Å². The summed E-state index contributed by atoms with van der Waals surface area (Å²) in [5, 5.41) is 19.3. The number of aryl methyl sites for hydroxylation is 1. The third-order valence-corrected chi connectivity index (χ3v) is 5.07. The number of benzene rings is 1. The zero-order chi connectivity index (χ0) is 25.2. The van der Waals surface area contributed by atoms with Gasteiger partial charge in [-0.15, -0.1) is 0 Å². The van der Waals surface area contributed by atoms with Gasteiger partial charge in [-0.2, -0.15) is 18.3 Å². The maximum absolute atomic E-state index is 13.6. The van der Waals surface area contributed by atoms with Crippen LogP contribution in [0.4, 0.5) is 24.9 Å². The predicted molar refractivity (Wildman–Crippen MR) is 118 cm³/mol. The normalized spacial score (nSPS) is 12.4. The third kappa shape index (κ3) is 5.41. The topological polar surface area (TPSA) is 131 Å². The molecule has 10 nitrogen and oxygen atoms in total. The number of aromatic nitrogens is 5. The van der Waals surface area contributed by atoms with Gasteiger partial charge < -0.3 is 20.2 Å². The van der Waals surface area contributed by atoms with E-state index in [4.69, 9.17) is 16.0 Å². The van der Waals surface area contributed by atoms with Crippen molar-refractivity contribution in [3.63, 3.8) is 0 Å². The van der Waals surface area contributed by atoms with Gasteiger partial charge in [0.05, 0.1) is 18.8 Å². The molecule has 0 bridgehead atoms. The zero-order valence-corrected chi connectivity index (χ0v) is 18.7. The number of amides is 1. The Kier molecular flexibility index (Phi) is 6.71. The Labute approximate surface area is 200 Å². The number of nitrogens with one attached hydrogen (secondary N) is 2. The van der Waals surface area contributed by atoms with Gasteiger partial charge in [0.1, 0.15) is 29.0 Å². The molecule has 0 saturated carbocycles. The average Bonchev–Trinajstić information content (AvgIpc) is 3.46. The molecule has 1 amide bonds. The SMILES string of the molecule is Cn1nccc1Nc1ncc(C(F)(F)F)c(-c2coc(C(=O)N[C@H](CO)c3cccc(Cl)c3)n2)n1. The van der Waals surface area contributed by atoms with Crippen molar-refractivity contribution in [1.82, 2.24) is 30.0 Å². The van der Waals surface area contributed by atoms with Gasteiger partial charge in [0.15, 0.2) is 0 Å². The molecule has 3 aromatic heterocycles. The van der Waals surface area contributed by atoms with Crippen LogP contribution in [0.2, 0.25) is 5.02 Å². The quantitative estimate of drug-likeness (QED) is 0.345. The summed E-state index contributed by atoms with van der Waals surface area (Å²) in [5.74, 6) is -1.08. The van der Waals surface area contributed by atoms with E-state index in [0.29, 0.717) is 22.6 Å². The number of hydrogen-bond donors (Lipinski definition) is 3. The van der Waals surface area contributed by atoms with Crippen LogP contribution in [-0.4, -0.2) is 42.4 Å². The number of aliphatic hydroxyl groups is 1. The fourth-order valence-corrected chi connectivity index (χ4v) is 3.32. The van der Waals surface area contributed by atoms with Crippen LogP contribution < -0.4 is 10.6 Å². The largest absolute Gasteiger partial charge is 0.440 e. The maximum atomic E-state index is 13.6. The molecule has 4 aromatic rings. The number of oxazole rings is 1. The molecule has 0 aliphatic heterocycles. The lowest BCUT2D eigenvalue weighted by molar-refractivity contribution is -0.137. The summed E-state index contributed by atoms with van der Waals surface area (Å²) in [5.41, 5.74) is -1.57. The van der Waals surface area contributed by atoms with Crippen molar-refractivity contribution in [3.05, 3.63) is 71.0 Å². The Morgan fingerprint density at radius 1 is 1.29 bits per heavy atom. The summed E-state index contributed by atoms with van der Waals surface area (Å²) >= 11 is 5.95. The Hall–Kier alpha value is -3.97. The Morgan fingerprint density at radius 2 is 2.09 bits per heavy atom. The predicted octanol–water partition coefficient (Wildman–Crippen LogP) is 3.74. The summed E-state index contributed by atoms with van der Waals surface area (Å²) in [4.78, 5) is 24.2. The van der Waals surface area contributed by atoms with Crippen LogP contribution in [0, 0.1) is 0 Å². The standard InChI is InChI=1S/C21H17ClF3N7O3/c1-32-16(5-6-27-32)30-20-26-8-13(21(23,24)25)17(31-20)15-10-35-19(29-15)18(34)28-14(9-33)11-3-2-4-12(22)7-11/h2-8,10,14,33H,9H2,1H3,(H,28,34)(H,26,30,31)/t14-/m1/s1. The van der Waals surface area contributed by atoms with Gasteiger partial charge in [0, 0.05) is 24.3 Å². The van der Waals surface area contributed by atoms with Crippen LogP contribution in [0.15, 0.2) is 53.4 Å². The first-order valence-electron chi connectivity index (χ1n) is 9.98. The number of alkyl halides is 3. The van der Waals surface area contributed by atoms with Crippen LogP contribution in [-0.2, 0) is 13.2 Å². The molecule has 0 radical (unpaired) electrons. The lowest BCUT2D eigenvalue weighted by Crippen LogP contribution is -2.31. The summed E-state index contributed by atoms with van der Waals surface area (Å²) in [6.45, 7) is -0.465. The second-order valence-corrected chi connectivity index (χ2v) is 7.66. The van der Waals surface area contributed by atoms with Crippen molar-refractivity contribution in [2.45, 2.75) is 12.2 Å². The fourth-order valence-electron chi connectivity index (χ4n) is 3.12.